The first-order valence-corrected chi connectivity index (χ1v) is 6.73. The topological polar surface area (TPSA) is 55.1 Å². The molecule has 4 nitrogen and oxygen atoms in total. The predicted molar refractivity (Wildman–Crippen MR) is 80.1 cm³/mol. The molecule has 0 aliphatic carbocycles. The average Bonchev–Trinajstić information content (AvgIpc) is 2.96. The molecule has 0 fully saturated rings. The van der Waals surface area contributed by atoms with Gasteiger partial charge in [-0.15, -0.1) is 0 Å². The smallest absolute Gasteiger partial charge is 0.335 e. The number of rotatable bonds is 4. The number of nitrogens with zero attached hydrogens (tertiary/aromatic N) is 2. The summed E-state index contributed by atoms with van der Waals surface area (Å²) in [7, 11) is 0. The van der Waals surface area contributed by atoms with Gasteiger partial charge in [-0.3, -0.25) is 0 Å². The summed E-state index contributed by atoms with van der Waals surface area (Å²) in [6, 6.07) is 13.1. The third-order valence-electron chi connectivity index (χ3n) is 3.38. The lowest BCUT2D eigenvalue weighted by Gasteiger charge is -2.09. The number of hydrogen-bond acceptors (Lipinski definition) is 2. The van der Waals surface area contributed by atoms with Crippen LogP contribution in [0.1, 0.15) is 15.9 Å². The van der Waals surface area contributed by atoms with E-state index >= 15 is 0 Å². The Bertz CT molecular complexity index is 810. The second-order valence-electron chi connectivity index (χ2n) is 4.86. The minimum Gasteiger partial charge on any atom is -0.478 e. The summed E-state index contributed by atoms with van der Waals surface area (Å²) in [5.41, 5.74) is 1.60. The van der Waals surface area contributed by atoms with E-state index in [1.54, 1.807) is 54.9 Å². The number of carboxylic acid groups (broad SMARTS) is 1. The van der Waals surface area contributed by atoms with Crippen LogP contribution in [0.5, 0.6) is 0 Å². The van der Waals surface area contributed by atoms with Crippen LogP contribution in [-0.2, 0) is 6.54 Å². The van der Waals surface area contributed by atoms with Crippen LogP contribution in [-0.4, -0.2) is 20.6 Å². The Morgan fingerprint density at radius 3 is 2.55 bits per heavy atom. The van der Waals surface area contributed by atoms with Crippen LogP contribution >= 0.6 is 0 Å². The van der Waals surface area contributed by atoms with Gasteiger partial charge in [0.05, 0.1) is 11.1 Å². The molecule has 5 heteroatoms. The summed E-state index contributed by atoms with van der Waals surface area (Å²) >= 11 is 0. The number of aromatic nitrogens is 2. The predicted octanol–water partition coefficient (Wildman–Crippen LogP) is 3.44. The van der Waals surface area contributed by atoms with Crippen molar-refractivity contribution >= 4 is 5.97 Å². The Morgan fingerprint density at radius 1 is 1.14 bits per heavy atom. The third kappa shape index (κ3) is 2.74. The van der Waals surface area contributed by atoms with E-state index in [4.69, 9.17) is 5.11 Å². The maximum absolute atomic E-state index is 13.9. The Balaban J connectivity index is 1.90. The molecule has 3 rings (SSSR count). The highest BCUT2D eigenvalue weighted by molar-refractivity contribution is 5.87. The molecule has 3 aromatic rings. The van der Waals surface area contributed by atoms with Gasteiger partial charge in [-0.25, -0.2) is 14.2 Å². The summed E-state index contributed by atoms with van der Waals surface area (Å²) in [5.74, 6) is -0.738. The van der Waals surface area contributed by atoms with Gasteiger partial charge in [0.1, 0.15) is 11.6 Å². The quantitative estimate of drug-likeness (QED) is 0.802. The third-order valence-corrected chi connectivity index (χ3v) is 3.38. The van der Waals surface area contributed by atoms with Crippen LogP contribution in [0, 0.1) is 5.82 Å². The van der Waals surface area contributed by atoms with E-state index in [9.17, 15) is 9.18 Å². The number of imidazole rings is 1. The van der Waals surface area contributed by atoms with E-state index in [0.717, 1.165) is 5.56 Å². The zero-order chi connectivity index (χ0) is 15.5. The summed E-state index contributed by atoms with van der Waals surface area (Å²) in [6.07, 6.45) is 3.39. The van der Waals surface area contributed by atoms with E-state index < -0.39 is 5.97 Å². The molecule has 0 aliphatic rings. The van der Waals surface area contributed by atoms with Crippen LogP contribution in [0.2, 0.25) is 0 Å². The highest BCUT2D eigenvalue weighted by Gasteiger charge is 2.11. The van der Waals surface area contributed by atoms with Crippen LogP contribution in [0.3, 0.4) is 0 Å². The van der Waals surface area contributed by atoms with Gasteiger partial charge in [0.25, 0.3) is 0 Å². The molecule has 0 saturated heterocycles. The molecule has 0 saturated carbocycles. The molecule has 2 aromatic carbocycles. The maximum atomic E-state index is 13.9. The van der Waals surface area contributed by atoms with Gasteiger partial charge < -0.3 is 9.67 Å². The molecule has 110 valence electrons. The van der Waals surface area contributed by atoms with E-state index in [1.165, 1.54) is 6.07 Å². The molecule has 0 bridgehead atoms. The van der Waals surface area contributed by atoms with Gasteiger partial charge in [-0.2, -0.15) is 0 Å². The summed E-state index contributed by atoms with van der Waals surface area (Å²) in [4.78, 5) is 15.1. The molecule has 0 unspecified atom stereocenters. The van der Waals surface area contributed by atoms with Gasteiger partial charge in [0.15, 0.2) is 0 Å². The van der Waals surface area contributed by atoms with Crippen LogP contribution in [0.4, 0.5) is 4.39 Å². The van der Waals surface area contributed by atoms with Crippen molar-refractivity contribution in [2.24, 2.45) is 0 Å². The molecule has 1 aromatic heterocycles. The molecular formula is C17H13FN2O2. The fourth-order valence-electron chi connectivity index (χ4n) is 2.27. The van der Waals surface area contributed by atoms with Crippen LogP contribution in [0.15, 0.2) is 60.9 Å². The normalized spacial score (nSPS) is 10.6. The molecule has 0 atom stereocenters. The number of halogens is 1. The molecule has 1 heterocycles. The van der Waals surface area contributed by atoms with Crippen molar-refractivity contribution in [3.63, 3.8) is 0 Å². The second kappa shape index (κ2) is 5.81. The van der Waals surface area contributed by atoms with Crippen molar-refractivity contribution in [1.29, 1.82) is 0 Å². The van der Waals surface area contributed by atoms with Crippen molar-refractivity contribution in [3.8, 4) is 11.4 Å². The Labute approximate surface area is 126 Å². The van der Waals surface area contributed by atoms with E-state index in [1.807, 2.05) is 4.57 Å². The minimum absolute atomic E-state index is 0.240. The first kappa shape index (κ1) is 14.0. The molecule has 0 amide bonds. The molecule has 0 radical (unpaired) electrons. The van der Waals surface area contributed by atoms with Gasteiger partial charge in [0.2, 0.25) is 0 Å². The zero-order valence-electron chi connectivity index (χ0n) is 11.6. The average molecular weight is 296 g/mol. The summed E-state index contributed by atoms with van der Waals surface area (Å²) < 4.78 is 15.7. The van der Waals surface area contributed by atoms with Crippen molar-refractivity contribution in [3.05, 3.63) is 77.9 Å². The first-order valence-electron chi connectivity index (χ1n) is 6.73. The summed E-state index contributed by atoms with van der Waals surface area (Å²) in [6.45, 7) is 0.490. The van der Waals surface area contributed by atoms with Crippen molar-refractivity contribution in [1.82, 2.24) is 9.55 Å². The highest BCUT2D eigenvalue weighted by Crippen LogP contribution is 2.21. The second-order valence-corrected chi connectivity index (χ2v) is 4.86. The van der Waals surface area contributed by atoms with Gasteiger partial charge >= 0.3 is 5.97 Å². The number of hydrogen-bond donors (Lipinski definition) is 1. The van der Waals surface area contributed by atoms with Crippen molar-refractivity contribution in [2.75, 3.05) is 0 Å². The van der Waals surface area contributed by atoms with Crippen molar-refractivity contribution < 1.29 is 14.3 Å². The monoisotopic (exact) mass is 296 g/mol. The Kier molecular flexibility index (Phi) is 3.70. The zero-order valence-corrected chi connectivity index (χ0v) is 11.6. The summed E-state index contributed by atoms with van der Waals surface area (Å²) in [5, 5.41) is 8.90. The molecular weight excluding hydrogens is 283 g/mol. The maximum Gasteiger partial charge on any atom is 0.335 e. The Hall–Kier alpha value is -2.95. The van der Waals surface area contributed by atoms with E-state index in [-0.39, 0.29) is 11.4 Å². The molecule has 22 heavy (non-hydrogen) atoms. The largest absolute Gasteiger partial charge is 0.478 e. The van der Waals surface area contributed by atoms with Crippen LogP contribution in [0.25, 0.3) is 11.4 Å². The number of carbonyl (C=O) groups is 1. The van der Waals surface area contributed by atoms with Crippen LogP contribution < -0.4 is 0 Å². The molecule has 1 N–H and O–H groups in total. The number of aromatic carboxylic acids is 1. The van der Waals surface area contributed by atoms with Gasteiger partial charge in [-0.05, 0) is 29.8 Å². The van der Waals surface area contributed by atoms with E-state index in [2.05, 4.69) is 4.98 Å². The van der Waals surface area contributed by atoms with E-state index in [0.29, 0.717) is 17.9 Å². The number of carboxylic acids is 1. The number of benzene rings is 2. The molecule has 0 aliphatic heterocycles. The fourth-order valence-corrected chi connectivity index (χ4v) is 2.27. The van der Waals surface area contributed by atoms with Gasteiger partial charge in [-0.1, -0.05) is 24.3 Å². The molecule has 0 spiro atoms. The first-order chi connectivity index (χ1) is 10.6. The lowest BCUT2D eigenvalue weighted by Crippen LogP contribution is -2.03. The van der Waals surface area contributed by atoms with Crippen molar-refractivity contribution in [2.45, 2.75) is 6.54 Å². The fraction of sp³-hybridized carbons (Fsp3) is 0.0588. The lowest BCUT2D eigenvalue weighted by atomic mass is 10.1. The van der Waals surface area contributed by atoms with Gasteiger partial charge in [0, 0.05) is 18.9 Å². The highest BCUT2D eigenvalue weighted by atomic mass is 19.1. The SMILES string of the molecule is O=C(O)c1ccc(Cn2ccnc2-c2ccccc2F)cc1. The lowest BCUT2D eigenvalue weighted by molar-refractivity contribution is 0.0697. The minimum atomic E-state index is -0.957. The standard InChI is InChI=1S/C17H13FN2O2/c18-15-4-2-1-3-14(15)16-19-9-10-20(16)11-12-5-7-13(8-6-12)17(21)22/h1-10H,11H2,(H,21,22). The Morgan fingerprint density at radius 2 is 1.86 bits per heavy atom.